The van der Waals surface area contributed by atoms with Crippen LogP contribution in [0.25, 0.3) is 24.3 Å². The molecule has 0 unspecified atom stereocenters. The maximum absolute atomic E-state index is 12.2. The fourth-order valence-corrected chi connectivity index (χ4v) is 7.18. The van der Waals surface area contributed by atoms with Crippen molar-refractivity contribution in [2.75, 3.05) is 0 Å². The summed E-state index contributed by atoms with van der Waals surface area (Å²) in [6.45, 7) is 0. The van der Waals surface area contributed by atoms with Crippen LogP contribution >= 0.6 is 0 Å². The number of nitro benzene ring substituents is 2. The van der Waals surface area contributed by atoms with Crippen molar-refractivity contribution in [3.05, 3.63) is 115 Å². The number of hydrogen-bond donors (Lipinski definition) is 4. The maximum Gasteiger partial charge on any atom is 1.00 e. The molecular weight excluding hydrogens is 784 g/mol. The van der Waals surface area contributed by atoms with Gasteiger partial charge in [0, 0.05) is 24.3 Å². The number of rotatable bonds is 12. The molecule has 0 atom stereocenters. The number of azo groups is 1. The molecular formula is C28H20LiN4O16S4+. The Labute approximate surface area is 311 Å². The van der Waals surface area contributed by atoms with Crippen molar-refractivity contribution in [1.82, 2.24) is 0 Å². The Morgan fingerprint density at radius 3 is 0.943 bits per heavy atom. The van der Waals surface area contributed by atoms with E-state index in [0.29, 0.717) is 12.1 Å². The van der Waals surface area contributed by atoms with Crippen molar-refractivity contribution in [2.45, 2.75) is 19.6 Å². The molecule has 0 aromatic heterocycles. The second-order valence-electron chi connectivity index (χ2n) is 10.2. The smallest absolute Gasteiger partial charge is 0.282 e. The number of hydrogen-bond acceptors (Lipinski definition) is 14. The van der Waals surface area contributed by atoms with Gasteiger partial charge >= 0.3 is 18.9 Å². The van der Waals surface area contributed by atoms with Crippen LogP contribution in [0.15, 0.2) is 103 Å². The van der Waals surface area contributed by atoms with Crippen LogP contribution in [-0.4, -0.2) is 61.7 Å². The zero-order valence-corrected chi connectivity index (χ0v) is 29.6. The Morgan fingerprint density at radius 1 is 0.453 bits per heavy atom. The van der Waals surface area contributed by atoms with E-state index in [2.05, 4.69) is 10.2 Å². The average Bonchev–Trinajstić information content (AvgIpc) is 3.03. The fourth-order valence-electron chi connectivity index (χ4n) is 4.36. The summed E-state index contributed by atoms with van der Waals surface area (Å²) in [4.78, 5) is 17.0. The minimum absolute atomic E-state index is 0. The number of benzene rings is 4. The zero-order valence-electron chi connectivity index (χ0n) is 26.3. The molecule has 0 saturated heterocycles. The van der Waals surface area contributed by atoms with E-state index >= 15 is 0 Å². The van der Waals surface area contributed by atoms with Crippen LogP contribution in [0.3, 0.4) is 0 Å². The molecule has 4 aromatic rings. The third-order valence-corrected chi connectivity index (χ3v) is 10.3. The Bertz CT molecular complexity index is 2510. The van der Waals surface area contributed by atoms with Crippen LogP contribution in [0.2, 0.25) is 0 Å². The van der Waals surface area contributed by atoms with Gasteiger partial charge in [-0.15, -0.1) is 0 Å². The van der Waals surface area contributed by atoms with Crippen molar-refractivity contribution in [2.24, 2.45) is 10.2 Å². The second-order valence-corrected chi connectivity index (χ2v) is 15.7. The Hall–Kier alpha value is -5.00. The molecule has 0 heterocycles. The normalized spacial score (nSPS) is 12.7. The third-order valence-electron chi connectivity index (χ3n) is 6.69. The van der Waals surface area contributed by atoms with Gasteiger partial charge in [0.25, 0.3) is 51.8 Å². The first-order chi connectivity index (χ1) is 23.9. The van der Waals surface area contributed by atoms with Crippen LogP contribution in [0.1, 0.15) is 22.3 Å². The standard InChI is InChI=1S/C28H20N4O16S4.Li/c33-31(34)23-11-7-19(27(15-23)51(43,44)45)3-1-17-5-9-21(13-25(17)49(37,38)39)29-30-22-10-6-18(26(14-22)50(40,41)42)2-4-20-8-12-24(32(35)36)16-28(20)52(46,47)48;/h1-16H,(H,37,38,39)(H,40,41,42)(H,43,44,45)(H,46,47,48);/q;+1/b3-1+,4-2+,30-29?;. The summed E-state index contributed by atoms with van der Waals surface area (Å²) in [6, 6.07) is 11.2. The van der Waals surface area contributed by atoms with Crippen LogP contribution in [0, 0.1) is 20.2 Å². The molecule has 272 valence electrons. The Morgan fingerprint density at radius 2 is 0.698 bits per heavy atom. The van der Waals surface area contributed by atoms with Gasteiger partial charge in [-0.05, 0) is 58.7 Å². The average molecular weight is 804 g/mol. The van der Waals surface area contributed by atoms with Gasteiger partial charge in [0.1, 0.15) is 19.6 Å². The number of non-ortho nitro benzene ring substituents is 2. The molecule has 0 aliphatic carbocycles. The molecule has 53 heavy (non-hydrogen) atoms. The van der Waals surface area contributed by atoms with E-state index in [1.54, 1.807) is 0 Å². The predicted molar refractivity (Wildman–Crippen MR) is 180 cm³/mol. The van der Waals surface area contributed by atoms with Gasteiger partial charge in [-0.25, -0.2) is 0 Å². The molecule has 0 saturated carbocycles. The van der Waals surface area contributed by atoms with Crippen molar-refractivity contribution in [3.63, 3.8) is 0 Å². The summed E-state index contributed by atoms with van der Waals surface area (Å²) in [7, 11) is -19.9. The largest absolute Gasteiger partial charge is 1.00 e. The minimum atomic E-state index is -5.00. The SMILES string of the molecule is O=[N+]([O-])c1ccc(/C=C/c2ccc(N=Nc3ccc(/C=C/c4ccc([N+](=O)[O-])cc4S(=O)(=O)O)c(S(=O)(=O)O)c3)cc2S(=O)(=O)O)c(S(=O)(=O)O)c1.[Li+]. The molecule has 0 aliphatic heterocycles. The molecule has 0 bridgehead atoms. The van der Waals surface area contributed by atoms with E-state index in [4.69, 9.17) is 0 Å². The molecule has 20 nitrogen and oxygen atoms in total. The third kappa shape index (κ3) is 10.8. The first-order valence-corrected chi connectivity index (χ1v) is 19.2. The molecule has 0 aliphatic rings. The molecule has 4 aromatic carbocycles. The first-order valence-electron chi connectivity index (χ1n) is 13.5. The van der Waals surface area contributed by atoms with Crippen molar-refractivity contribution < 1.29 is 80.6 Å². The van der Waals surface area contributed by atoms with Crippen molar-refractivity contribution >= 4 is 87.5 Å². The molecule has 0 radical (unpaired) electrons. The van der Waals surface area contributed by atoms with Crippen LogP contribution in [-0.2, 0) is 40.5 Å². The van der Waals surface area contributed by atoms with Gasteiger partial charge in [0.05, 0.1) is 21.2 Å². The molecule has 4 N–H and O–H groups in total. The summed E-state index contributed by atoms with van der Waals surface area (Å²) in [5, 5.41) is 29.7. The van der Waals surface area contributed by atoms with E-state index < -0.39 is 81.3 Å². The first kappa shape index (κ1) is 42.4. The predicted octanol–water partition coefficient (Wildman–Crippen LogP) is 2.25. The summed E-state index contributed by atoms with van der Waals surface area (Å²) in [5.41, 5.74) is -2.82. The summed E-state index contributed by atoms with van der Waals surface area (Å²) in [5.74, 6) is 0. The Kier molecular flexibility index (Phi) is 12.7. The monoisotopic (exact) mass is 803 g/mol. The van der Waals surface area contributed by atoms with E-state index in [0.717, 1.165) is 72.8 Å². The van der Waals surface area contributed by atoms with Crippen molar-refractivity contribution in [3.8, 4) is 0 Å². The molecule has 25 heteroatoms. The van der Waals surface area contributed by atoms with Gasteiger partial charge in [-0.3, -0.25) is 38.4 Å². The molecule has 0 fully saturated rings. The summed E-state index contributed by atoms with van der Waals surface area (Å²) >= 11 is 0. The molecule has 0 spiro atoms. The maximum atomic E-state index is 12.2. The number of nitrogens with zero attached hydrogens (tertiary/aromatic N) is 4. The Balaban J connectivity index is 0.00000756. The van der Waals surface area contributed by atoms with Crippen LogP contribution < -0.4 is 18.9 Å². The number of nitro groups is 2. The van der Waals surface area contributed by atoms with Crippen molar-refractivity contribution in [1.29, 1.82) is 0 Å². The quantitative estimate of drug-likeness (QED) is 0.0398. The van der Waals surface area contributed by atoms with E-state index in [1.165, 1.54) is 12.1 Å². The fraction of sp³-hybridized carbons (Fsp3) is 0. The minimum Gasteiger partial charge on any atom is -0.282 e. The molecule has 4 rings (SSSR count). The summed E-state index contributed by atoms with van der Waals surface area (Å²) in [6.07, 6.45) is 4.02. The summed E-state index contributed by atoms with van der Waals surface area (Å²) < 4.78 is 135. The van der Waals surface area contributed by atoms with E-state index in [9.17, 15) is 72.1 Å². The van der Waals surface area contributed by atoms with Crippen LogP contribution in [0.4, 0.5) is 22.7 Å². The van der Waals surface area contributed by atoms with Gasteiger partial charge in [-0.1, -0.05) is 36.4 Å². The van der Waals surface area contributed by atoms with Gasteiger partial charge in [0.2, 0.25) is 0 Å². The topological polar surface area (TPSA) is 328 Å². The second kappa shape index (κ2) is 15.9. The van der Waals surface area contributed by atoms with Crippen LogP contribution in [0.5, 0.6) is 0 Å². The van der Waals surface area contributed by atoms with Gasteiger partial charge < -0.3 is 0 Å². The zero-order chi connectivity index (χ0) is 38.8. The van der Waals surface area contributed by atoms with Gasteiger partial charge in [-0.2, -0.15) is 43.9 Å². The van der Waals surface area contributed by atoms with Gasteiger partial charge in [0.15, 0.2) is 0 Å². The van der Waals surface area contributed by atoms with E-state index in [1.807, 2.05) is 0 Å². The molecule has 0 amide bonds. The van der Waals surface area contributed by atoms with E-state index in [-0.39, 0.29) is 52.5 Å².